The molecule has 2 aromatic heterocycles. The summed E-state index contributed by atoms with van der Waals surface area (Å²) in [6.07, 6.45) is 2.12. The normalized spacial score (nSPS) is 11.1. The number of nitrogens with one attached hydrogen (secondary N) is 2. The average Bonchev–Trinajstić information content (AvgIpc) is 3.36. The molecule has 2 heterocycles. The summed E-state index contributed by atoms with van der Waals surface area (Å²) >= 11 is 0. The van der Waals surface area contributed by atoms with Gasteiger partial charge in [-0.1, -0.05) is 38.1 Å². The Kier molecular flexibility index (Phi) is 8.33. The minimum absolute atomic E-state index is 0.282. The van der Waals surface area contributed by atoms with Crippen molar-refractivity contribution >= 4 is 18.2 Å². The number of esters is 2. The lowest BCUT2D eigenvalue weighted by Gasteiger charge is -2.19. The maximum atomic E-state index is 12.7. The fourth-order valence-corrected chi connectivity index (χ4v) is 4.77. The number of hydrogen-bond acceptors (Lipinski definition) is 5. The Morgan fingerprint density at radius 1 is 0.800 bits per heavy atom. The number of ether oxygens (including phenoxy) is 2. The standard InChI is InChI=1S/C28H34N2O5/c1-7-20-16(5)23(29-25(20)27(32)34-9-3)22(19-13-11-18(15-31)12-14-19)24-17(6)21(8-2)26(30-24)28(33)35-10-4/h11-15,22,29-30H,7-10H2,1-6H3. The zero-order valence-corrected chi connectivity index (χ0v) is 21.3. The Morgan fingerprint density at radius 3 is 1.57 bits per heavy atom. The van der Waals surface area contributed by atoms with E-state index in [4.69, 9.17) is 9.47 Å². The molecule has 0 atom stereocenters. The van der Waals surface area contributed by atoms with Gasteiger partial charge in [0.1, 0.15) is 17.7 Å². The first-order chi connectivity index (χ1) is 16.8. The number of carbonyl (C=O) groups excluding carboxylic acids is 3. The third-order valence-corrected chi connectivity index (χ3v) is 6.49. The molecule has 0 amide bonds. The highest BCUT2D eigenvalue weighted by Crippen LogP contribution is 2.38. The molecule has 0 fully saturated rings. The number of carbonyl (C=O) groups is 3. The van der Waals surface area contributed by atoms with Crippen LogP contribution in [0.5, 0.6) is 0 Å². The smallest absolute Gasteiger partial charge is 0.355 e. The minimum atomic E-state index is -0.390. The zero-order chi connectivity index (χ0) is 25.7. The van der Waals surface area contributed by atoms with Crippen LogP contribution in [0.15, 0.2) is 24.3 Å². The van der Waals surface area contributed by atoms with Crippen LogP contribution in [0.25, 0.3) is 0 Å². The largest absolute Gasteiger partial charge is 0.461 e. The van der Waals surface area contributed by atoms with E-state index in [1.807, 2.05) is 39.8 Å². The molecule has 7 heteroatoms. The van der Waals surface area contributed by atoms with Gasteiger partial charge in [0.05, 0.1) is 19.1 Å². The van der Waals surface area contributed by atoms with E-state index in [9.17, 15) is 14.4 Å². The van der Waals surface area contributed by atoms with Gasteiger partial charge in [-0.2, -0.15) is 0 Å². The molecule has 3 aromatic rings. The van der Waals surface area contributed by atoms with Crippen LogP contribution in [-0.2, 0) is 22.3 Å². The summed E-state index contributed by atoms with van der Waals surface area (Å²) in [6.45, 7) is 12.1. The summed E-state index contributed by atoms with van der Waals surface area (Å²) in [4.78, 5) is 43.5. The number of rotatable bonds is 10. The van der Waals surface area contributed by atoms with Crippen molar-refractivity contribution in [3.63, 3.8) is 0 Å². The van der Waals surface area contributed by atoms with Crippen molar-refractivity contribution in [2.45, 2.75) is 60.3 Å². The summed E-state index contributed by atoms with van der Waals surface area (Å²) in [7, 11) is 0. The first-order valence-corrected chi connectivity index (χ1v) is 12.1. The maximum Gasteiger partial charge on any atom is 0.355 e. The average molecular weight is 479 g/mol. The van der Waals surface area contributed by atoms with E-state index in [0.717, 1.165) is 45.5 Å². The van der Waals surface area contributed by atoms with Gasteiger partial charge in [-0.05, 0) is 68.4 Å². The highest BCUT2D eigenvalue weighted by Gasteiger charge is 2.31. The summed E-state index contributed by atoms with van der Waals surface area (Å²) < 4.78 is 10.6. The van der Waals surface area contributed by atoms with Gasteiger partial charge in [-0.3, -0.25) is 4.79 Å². The van der Waals surface area contributed by atoms with Crippen molar-refractivity contribution in [2.24, 2.45) is 0 Å². The first kappa shape index (κ1) is 26.0. The number of aromatic amines is 2. The van der Waals surface area contributed by atoms with Crippen LogP contribution in [-0.4, -0.2) is 41.4 Å². The Bertz CT molecular complexity index is 1150. The second-order valence-corrected chi connectivity index (χ2v) is 8.40. The molecule has 0 aliphatic heterocycles. The van der Waals surface area contributed by atoms with Gasteiger partial charge in [0.2, 0.25) is 0 Å². The van der Waals surface area contributed by atoms with Crippen LogP contribution >= 0.6 is 0 Å². The van der Waals surface area contributed by atoms with E-state index in [0.29, 0.717) is 29.8 Å². The Morgan fingerprint density at radius 2 is 1.23 bits per heavy atom. The Labute approximate surface area is 206 Å². The molecular formula is C28H34N2O5. The molecule has 0 aliphatic carbocycles. The number of aromatic nitrogens is 2. The fourth-order valence-electron chi connectivity index (χ4n) is 4.77. The van der Waals surface area contributed by atoms with Gasteiger partial charge >= 0.3 is 11.9 Å². The molecule has 2 N–H and O–H groups in total. The van der Waals surface area contributed by atoms with Gasteiger partial charge < -0.3 is 19.4 Å². The summed E-state index contributed by atoms with van der Waals surface area (Å²) in [5.41, 5.74) is 7.79. The molecule has 0 saturated carbocycles. The maximum absolute atomic E-state index is 12.7. The van der Waals surface area contributed by atoms with E-state index in [1.54, 1.807) is 26.0 Å². The lowest BCUT2D eigenvalue weighted by atomic mass is 9.87. The number of H-pyrrole nitrogens is 2. The van der Waals surface area contributed by atoms with E-state index in [-0.39, 0.29) is 19.1 Å². The lowest BCUT2D eigenvalue weighted by molar-refractivity contribution is 0.0509. The SMILES string of the molecule is CCOC(=O)c1[nH]c(C(c2ccc(C=O)cc2)c2[nH]c(C(=O)OCC)c(CC)c2C)c(C)c1CC. The third-order valence-electron chi connectivity index (χ3n) is 6.49. The molecule has 3 rings (SSSR count). The molecule has 0 bridgehead atoms. The zero-order valence-electron chi connectivity index (χ0n) is 21.3. The van der Waals surface area contributed by atoms with Crippen molar-refractivity contribution in [2.75, 3.05) is 13.2 Å². The molecular weight excluding hydrogens is 444 g/mol. The molecule has 0 radical (unpaired) electrons. The van der Waals surface area contributed by atoms with Crippen LogP contribution in [0.2, 0.25) is 0 Å². The van der Waals surface area contributed by atoms with E-state index < -0.39 is 11.9 Å². The van der Waals surface area contributed by atoms with Crippen LogP contribution in [0.3, 0.4) is 0 Å². The van der Waals surface area contributed by atoms with Gasteiger partial charge in [-0.25, -0.2) is 9.59 Å². The predicted octanol–water partition coefficient (Wildman–Crippen LogP) is 5.43. The molecule has 0 spiro atoms. The summed E-state index contributed by atoms with van der Waals surface area (Å²) in [5.74, 6) is -1.12. The predicted molar refractivity (Wildman–Crippen MR) is 135 cm³/mol. The van der Waals surface area contributed by atoms with E-state index in [2.05, 4.69) is 9.97 Å². The van der Waals surface area contributed by atoms with Gasteiger partial charge in [0.15, 0.2) is 0 Å². The first-order valence-electron chi connectivity index (χ1n) is 12.1. The van der Waals surface area contributed by atoms with Gasteiger partial charge in [0, 0.05) is 17.0 Å². The van der Waals surface area contributed by atoms with Crippen molar-refractivity contribution in [3.8, 4) is 0 Å². The quantitative estimate of drug-likeness (QED) is 0.299. The van der Waals surface area contributed by atoms with Crippen molar-refractivity contribution in [1.29, 1.82) is 0 Å². The molecule has 0 saturated heterocycles. The molecule has 1 aromatic carbocycles. The van der Waals surface area contributed by atoms with Crippen molar-refractivity contribution < 1.29 is 23.9 Å². The lowest BCUT2D eigenvalue weighted by Crippen LogP contribution is -2.10. The second-order valence-electron chi connectivity index (χ2n) is 8.40. The fraction of sp³-hybridized carbons (Fsp3) is 0.393. The van der Waals surface area contributed by atoms with Crippen LogP contribution in [0, 0.1) is 13.8 Å². The summed E-state index contributed by atoms with van der Waals surface area (Å²) in [6, 6.07) is 7.35. The number of aldehydes is 1. The molecule has 0 aliphatic rings. The Balaban J connectivity index is 2.30. The summed E-state index contributed by atoms with van der Waals surface area (Å²) in [5, 5.41) is 0. The number of benzene rings is 1. The van der Waals surface area contributed by atoms with Crippen LogP contribution in [0.1, 0.15) is 104 Å². The van der Waals surface area contributed by atoms with Gasteiger partial charge in [0.25, 0.3) is 0 Å². The molecule has 186 valence electrons. The molecule has 35 heavy (non-hydrogen) atoms. The minimum Gasteiger partial charge on any atom is -0.461 e. The second kappa shape index (κ2) is 11.2. The topological polar surface area (TPSA) is 101 Å². The van der Waals surface area contributed by atoms with Crippen molar-refractivity contribution in [1.82, 2.24) is 9.97 Å². The highest BCUT2D eigenvalue weighted by molar-refractivity contribution is 5.91. The molecule has 7 nitrogen and oxygen atoms in total. The molecule has 0 unspecified atom stereocenters. The number of hydrogen-bond donors (Lipinski definition) is 2. The van der Waals surface area contributed by atoms with Crippen molar-refractivity contribution in [3.05, 3.63) is 80.4 Å². The van der Waals surface area contributed by atoms with Crippen LogP contribution < -0.4 is 0 Å². The third kappa shape index (κ3) is 4.94. The van der Waals surface area contributed by atoms with Gasteiger partial charge in [-0.15, -0.1) is 0 Å². The van der Waals surface area contributed by atoms with Crippen LogP contribution in [0.4, 0.5) is 0 Å². The van der Waals surface area contributed by atoms with E-state index >= 15 is 0 Å². The monoisotopic (exact) mass is 478 g/mol. The Hall–Kier alpha value is -3.61. The van der Waals surface area contributed by atoms with E-state index in [1.165, 1.54) is 0 Å². The highest BCUT2D eigenvalue weighted by atomic mass is 16.5.